The van der Waals surface area contributed by atoms with Crippen LogP contribution in [0.25, 0.3) is 0 Å². The number of benzene rings is 2. The lowest BCUT2D eigenvalue weighted by Gasteiger charge is -2.08. The maximum absolute atomic E-state index is 11.9. The number of carbonyl (C=O) groups is 2. The van der Waals surface area contributed by atoms with Crippen molar-refractivity contribution < 1.29 is 19.4 Å². The fourth-order valence-electron chi connectivity index (χ4n) is 2.08. The maximum atomic E-state index is 11.9. The molecule has 0 spiro atoms. The van der Waals surface area contributed by atoms with Crippen LogP contribution in [0.2, 0.25) is 0 Å². The van der Waals surface area contributed by atoms with Crippen LogP contribution >= 0.6 is 0 Å². The highest BCUT2D eigenvalue weighted by molar-refractivity contribution is 5.92. The summed E-state index contributed by atoms with van der Waals surface area (Å²) in [5, 5.41) is 11.6. The van der Waals surface area contributed by atoms with Gasteiger partial charge in [0.2, 0.25) is 5.91 Å². The molecule has 2 aromatic rings. The molecule has 0 radical (unpaired) electrons. The van der Waals surface area contributed by atoms with E-state index < -0.39 is 5.97 Å². The Labute approximate surface area is 128 Å². The minimum absolute atomic E-state index is 0.131. The number of carboxylic acid groups (broad SMARTS) is 1. The number of amides is 1. The fourth-order valence-corrected chi connectivity index (χ4v) is 2.08. The van der Waals surface area contributed by atoms with Crippen LogP contribution in [-0.2, 0) is 11.2 Å². The summed E-state index contributed by atoms with van der Waals surface area (Å²) in [6, 6.07) is 13.6. The molecule has 5 nitrogen and oxygen atoms in total. The van der Waals surface area contributed by atoms with Crippen molar-refractivity contribution in [3.05, 3.63) is 59.7 Å². The van der Waals surface area contributed by atoms with Gasteiger partial charge in [0.1, 0.15) is 5.75 Å². The van der Waals surface area contributed by atoms with Gasteiger partial charge in [-0.05, 0) is 42.3 Å². The van der Waals surface area contributed by atoms with E-state index in [0.29, 0.717) is 18.5 Å². The van der Waals surface area contributed by atoms with Gasteiger partial charge in [-0.2, -0.15) is 0 Å². The van der Waals surface area contributed by atoms with Gasteiger partial charge in [-0.25, -0.2) is 4.79 Å². The van der Waals surface area contributed by atoms with Crippen molar-refractivity contribution >= 4 is 17.6 Å². The Morgan fingerprint density at radius 3 is 2.41 bits per heavy atom. The molecule has 0 saturated carbocycles. The van der Waals surface area contributed by atoms with Crippen molar-refractivity contribution in [1.29, 1.82) is 0 Å². The topological polar surface area (TPSA) is 75.6 Å². The predicted octanol–water partition coefficient (Wildman–Crippen LogP) is 2.96. The van der Waals surface area contributed by atoms with E-state index in [1.165, 1.54) is 12.1 Å². The van der Waals surface area contributed by atoms with E-state index in [9.17, 15) is 9.59 Å². The van der Waals surface area contributed by atoms with Crippen molar-refractivity contribution in [2.75, 3.05) is 12.4 Å². The Morgan fingerprint density at radius 1 is 1.09 bits per heavy atom. The Bertz CT molecular complexity index is 665. The molecule has 22 heavy (non-hydrogen) atoms. The van der Waals surface area contributed by atoms with Crippen LogP contribution in [0.3, 0.4) is 0 Å². The van der Waals surface area contributed by atoms with Crippen molar-refractivity contribution in [3.63, 3.8) is 0 Å². The van der Waals surface area contributed by atoms with E-state index >= 15 is 0 Å². The van der Waals surface area contributed by atoms with Gasteiger partial charge >= 0.3 is 5.97 Å². The first-order valence-corrected chi connectivity index (χ1v) is 6.85. The Hall–Kier alpha value is -2.82. The number of nitrogens with one attached hydrogen (secondary N) is 1. The molecule has 0 aliphatic carbocycles. The summed E-state index contributed by atoms with van der Waals surface area (Å²) in [7, 11) is 1.60. The van der Waals surface area contributed by atoms with E-state index in [1.807, 2.05) is 24.3 Å². The molecule has 5 heteroatoms. The second-order valence-corrected chi connectivity index (χ2v) is 4.74. The number of aromatic carboxylic acids is 1. The summed E-state index contributed by atoms with van der Waals surface area (Å²) in [4.78, 5) is 22.7. The minimum atomic E-state index is -0.992. The highest BCUT2D eigenvalue weighted by Crippen LogP contribution is 2.19. The lowest BCUT2D eigenvalue weighted by atomic mass is 10.1. The lowest BCUT2D eigenvalue weighted by Crippen LogP contribution is -2.12. The molecule has 1 amide bonds. The van der Waals surface area contributed by atoms with Gasteiger partial charge in [-0.15, -0.1) is 0 Å². The molecule has 2 aromatic carbocycles. The van der Waals surface area contributed by atoms with Gasteiger partial charge in [-0.1, -0.05) is 18.2 Å². The van der Waals surface area contributed by atoms with Crippen LogP contribution in [0.5, 0.6) is 5.75 Å². The molecule has 0 saturated heterocycles. The zero-order chi connectivity index (χ0) is 15.9. The number of hydrogen-bond donors (Lipinski definition) is 2. The summed E-state index contributed by atoms with van der Waals surface area (Å²) < 4.78 is 5.24. The second kappa shape index (κ2) is 7.26. The number of para-hydroxylation sites is 1. The highest BCUT2D eigenvalue weighted by atomic mass is 16.5. The third-order valence-electron chi connectivity index (χ3n) is 3.23. The fraction of sp³-hybridized carbons (Fsp3) is 0.176. The maximum Gasteiger partial charge on any atom is 0.335 e. The van der Waals surface area contributed by atoms with Gasteiger partial charge in [0.05, 0.1) is 12.7 Å². The average Bonchev–Trinajstić information content (AvgIpc) is 2.53. The van der Waals surface area contributed by atoms with Crippen LogP contribution in [0.4, 0.5) is 5.69 Å². The number of aryl methyl sites for hydroxylation is 1. The number of carbonyl (C=O) groups excluding carboxylic acids is 1. The minimum Gasteiger partial charge on any atom is -0.496 e. The van der Waals surface area contributed by atoms with Gasteiger partial charge in [0.15, 0.2) is 0 Å². The Kier molecular flexibility index (Phi) is 5.14. The van der Waals surface area contributed by atoms with E-state index in [4.69, 9.17) is 9.84 Å². The third kappa shape index (κ3) is 4.09. The molecular weight excluding hydrogens is 282 g/mol. The smallest absolute Gasteiger partial charge is 0.335 e. The van der Waals surface area contributed by atoms with E-state index in [-0.39, 0.29) is 11.5 Å². The Balaban J connectivity index is 1.91. The standard InChI is InChI=1S/C17H17NO4/c1-22-15-5-3-2-4-12(15)8-11-16(19)18-14-9-6-13(7-10-14)17(20)21/h2-7,9-10H,8,11H2,1H3,(H,18,19)(H,20,21). The number of methoxy groups -OCH3 is 1. The molecule has 0 bridgehead atoms. The third-order valence-corrected chi connectivity index (χ3v) is 3.23. The van der Waals surface area contributed by atoms with Gasteiger partial charge < -0.3 is 15.2 Å². The molecule has 0 heterocycles. The van der Waals surface area contributed by atoms with E-state index in [2.05, 4.69) is 5.32 Å². The van der Waals surface area contributed by atoms with Gasteiger partial charge in [0.25, 0.3) is 0 Å². The zero-order valence-electron chi connectivity index (χ0n) is 12.2. The van der Waals surface area contributed by atoms with Crippen LogP contribution in [0, 0.1) is 0 Å². The van der Waals surface area contributed by atoms with Crippen molar-refractivity contribution in [2.45, 2.75) is 12.8 Å². The predicted molar refractivity (Wildman–Crippen MR) is 83.3 cm³/mol. The molecular formula is C17H17NO4. The average molecular weight is 299 g/mol. The quantitative estimate of drug-likeness (QED) is 0.860. The molecule has 114 valence electrons. The highest BCUT2D eigenvalue weighted by Gasteiger charge is 2.07. The molecule has 2 rings (SSSR count). The number of hydrogen-bond acceptors (Lipinski definition) is 3. The number of carboxylic acids is 1. The molecule has 0 unspecified atom stereocenters. The number of ether oxygens (including phenoxy) is 1. The number of anilines is 1. The summed E-state index contributed by atoms with van der Waals surface area (Å²) >= 11 is 0. The molecule has 0 aliphatic rings. The van der Waals surface area contributed by atoms with Crippen molar-refractivity contribution in [2.24, 2.45) is 0 Å². The van der Waals surface area contributed by atoms with Crippen LogP contribution in [-0.4, -0.2) is 24.1 Å². The SMILES string of the molecule is COc1ccccc1CCC(=O)Nc1ccc(C(=O)O)cc1. The Morgan fingerprint density at radius 2 is 1.77 bits per heavy atom. The summed E-state index contributed by atoms with van der Waals surface area (Å²) in [5.74, 6) is -0.357. The van der Waals surface area contributed by atoms with E-state index in [0.717, 1.165) is 11.3 Å². The van der Waals surface area contributed by atoms with Crippen LogP contribution < -0.4 is 10.1 Å². The van der Waals surface area contributed by atoms with Crippen molar-refractivity contribution in [3.8, 4) is 5.75 Å². The van der Waals surface area contributed by atoms with Gasteiger partial charge in [0, 0.05) is 12.1 Å². The van der Waals surface area contributed by atoms with Crippen LogP contribution in [0.15, 0.2) is 48.5 Å². The largest absolute Gasteiger partial charge is 0.496 e. The molecule has 0 aromatic heterocycles. The first-order valence-electron chi connectivity index (χ1n) is 6.85. The summed E-state index contributed by atoms with van der Waals surface area (Å²) in [6.45, 7) is 0. The second-order valence-electron chi connectivity index (χ2n) is 4.74. The van der Waals surface area contributed by atoms with Crippen molar-refractivity contribution in [1.82, 2.24) is 0 Å². The normalized spacial score (nSPS) is 10.0. The molecule has 2 N–H and O–H groups in total. The molecule has 0 fully saturated rings. The van der Waals surface area contributed by atoms with E-state index in [1.54, 1.807) is 19.2 Å². The monoisotopic (exact) mass is 299 g/mol. The number of rotatable bonds is 6. The first kappa shape index (κ1) is 15.6. The summed E-state index contributed by atoms with van der Waals surface area (Å²) in [6.07, 6.45) is 0.893. The molecule has 0 atom stereocenters. The first-order chi connectivity index (χ1) is 10.6. The van der Waals surface area contributed by atoms with Crippen LogP contribution in [0.1, 0.15) is 22.3 Å². The lowest BCUT2D eigenvalue weighted by molar-refractivity contribution is -0.116. The molecule has 0 aliphatic heterocycles. The van der Waals surface area contributed by atoms with Gasteiger partial charge in [-0.3, -0.25) is 4.79 Å². The summed E-state index contributed by atoms with van der Waals surface area (Å²) in [5.41, 5.74) is 1.74. The zero-order valence-corrected chi connectivity index (χ0v) is 12.2.